The van der Waals surface area contributed by atoms with Gasteiger partial charge < -0.3 is 4.90 Å². The van der Waals surface area contributed by atoms with Crippen molar-refractivity contribution in [3.8, 4) is 0 Å². The van der Waals surface area contributed by atoms with Gasteiger partial charge >= 0.3 is 0 Å². The van der Waals surface area contributed by atoms with Gasteiger partial charge in [0.2, 0.25) is 5.91 Å². The Labute approximate surface area is 132 Å². The summed E-state index contributed by atoms with van der Waals surface area (Å²) in [4.78, 5) is 14.1. The third-order valence-corrected chi connectivity index (χ3v) is 4.16. The first-order valence-corrected chi connectivity index (χ1v) is 7.80. The highest BCUT2D eigenvalue weighted by atomic mass is 16.2. The Morgan fingerprint density at radius 3 is 2.55 bits per heavy atom. The lowest BCUT2D eigenvalue weighted by atomic mass is 10.1. The maximum Gasteiger partial charge on any atom is 0.223 e. The highest BCUT2D eigenvalue weighted by Gasteiger charge is 2.28. The number of likely N-dealkylation sites (tertiary alicyclic amines) is 1. The number of nitrogens with zero attached hydrogens (tertiary/aromatic N) is 1. The number of hydrogen-bond donors (Lipinski definition) is 0. The molecule has 2 aromatic rings. The molecule has 112 valence electrons. The molecular weight excluding hydrogens is 270 g/mol. The molecule has 2 aromatic carbocycles. The molecular formula is C20H21NO. The van der Waals surface area contributed by atoms with Crippen molar-refractivity contribution >= 4 is 12.0 Å². The van der Waals surface area contributed by atoms with Crippen molar-refractivity contribution in [1.29, 1.82) is 0 Å². The molecule has 2 nitrogen and oxygen atoms in total. The van der Waals surface area contributed by atoms with Gasteiger partial charge in [0.15, 0.2) is 0 Å². The van der Waals surface area contributed by atoms with Gasteiger partial charge in [-0.2, -0.15) is 0 Å². The fourth-order valence-electron chi connectivity index (χ4n) is 2.84. The maximum atomic E-state index is 12.1. The van der Waals surface area contributed by atoms with Gasteiger partial charge in [0.1, 0.15) is 0 Å². The van der Waals surface area contributed by atoms with Crippen LogP contribution in [0.3, 0.4) is 0 Å². The van der Waals surface area contributed by atoms with Crippen molar-refractivity contribution in [2.75, 3.05) is 0 Å². The minimum absolute atomic E-state index is 0.203. The van der Waals surface area contributed by atoms with Crippen LogP contribution in [0.2, 0.25) is 0 Å². The van der Waals surface area contributed by atoms with Crippen LogP contribution in [0.4, 0.5) is 0 Å². The molecule has 22 heavy (non-hydrogen) atoms. The number of rotatable bonds is 4. The molecule has 2 heteroatoms. The summed E-state index contributed by atoms with van der Waals surface area (Å²) in [6, 6.07) is 18.9. The lowest BCUT2D eigenvalue weighted by Crippen LogP contribution is -2.31. The van der Waals surface area contributed by atoms with Crippen LogP contribution < -0.4 is 0 Å². The Morgan fingerprint density at radius 2 is 1.82 bits per heavy atom. The second-order valence-corrected chi connectivity index (χ2v) is 5.88. The van der Waals surface area contributed by atoms with Gasteiger partial charge in [-0.05, 0) is 24.5 Å². The summed E-state index contributed by atoms with van der Waals surface area (Å²) in [7, 11) is 0. The second-order valence-electron chi connectivity index (χ2n) is 5.88. The Bertz CT molecular complexity index is 658. The Balaban J connectivity index is 1.71. The Hall–Kier alpha value is -2.35. The second kappa shape index (κ2) is 6.61. The molecule has 1 heterocycles. The predicted molar refractivity (Wildman–Crippen MR) is 90.2 cm³/mol. The van der Waals surface area contributed by atoms with Crippen LogP contribution in [-0.2, 0) is 11.3 Å². The van der Waals surface area contributed by atoms with Crippen LogP contribution >= 0.6 is 0 Å². The van der Waals surface area contributed by atoms with E-state index in [-0.39, 0.29) is 11.9 Å². The van der Waals surface area contributed by atoms with Crippen LogP contribution in [0.25, 0.3) is 6.08 Å². The topological polar surface area (TPSA) is 20.3 Å². The Morgan fingerprint density at radius 1 is 1.09 bits per heavy atom. The number of hydrogen-bond acceptors (Lipinski definition) is 1. The predicted octanol–water partition coefficient (Wildman–Crippen LogP) is 4.20. The summed E-state index contributed by atoms with van der Waals surface area (Å²) in [6.45, 7) is 2.79. The molecule has 1 aliphatic heterocycles. The number of aryl methyl sites for hydroxylation is 1. The highest BCUT2D eigenvalue weighted by molar-refractivity contribution is 5.79. The molecule has 1 amide bonds. The number of carbonyl (C=O) groups is 1. The average Bonchev–Trinajstić information content (AvgIpc) is 2.88. The molecule has 0 aromatic heterocycles. The third kappa shape index (κ3) is 3.45. The zero-order chi connectivity index (χ0) is 15.4. The maximum absolute atomic E-state index is 12.1. The first kappa shape index (κ1) is 14.6. The van der Waals surface area contributed by atoms with Crippen molar-refractivity contribution < 1.29 is 4.79 Å². The Kier molecular flexibility index (Phi) is 4.38. The number of amides is 1. The fourth-order valence-corrected chi connectivity index (χ4v) is 2.84. The van der Waals surface area contributed by atoms with E-state index in [0.717, 1.165) is 6.42 Å². The van der Waals surface area contributed by atoms with Crippen molar-refractivity contribution in [2.45, 2.75) is 32.4 Å². The van der Waals surface area contributed by atoms with Crippen molar-refractivity contribution in [1.82, 2.24) is 4.90 Å². The largest absolute Gasteiger partial charge is 0.332 e. The molecule has 1 saturated heterocycles. The molecule has 0 spiro atoms. The van der Waals surface area contributed by atoms with Crippen molar-refractivity contribution in [3.63, 3.8) is 0 Å². The third-order valence-electron chi connectivity index (χ3n) is 4.16. The van der Waals surface area contributed by atoms with E-state index >= 15 is 0 Å². The normalized spacial score (nSPS) is 18.3. The van der Waals surface area contributed by atoms with E-state index in [1.807, 2.05) is 23.1 Å². The molecule has 0 radical (unpaired) electrons. The summed E-state index contributed by atoms with van der Waals surface area (Å²) in [6.07, 6.45) is 5.85. The summed E-state index contributed by atoms with van der Waals surface area (Å²) in [5.74, 6) is 0.252. The molecule has 0 N–H and O–H groups in total. The van der Waals surface area contributed by atoms with Gasteiger partial charge in [-0.25, -0.2) is 0 Å². The summed E-state index contributed by atoms with van der Waals surface area (Å²) in [5, 5.41) is 0. The molecule has 1 aliphatic rings. The van der Waals surface area contributed by atoms with Gasteiger partial charge in [-0.15, -0.1) is 0 Å². The lowest BCUT2D eigenvalue weighted by molar-refractivity contribution is -0.129. The molecule has 0 bridgehead atoms. The standard InChI is InChI=1S/C20H21NO/c1-16-7-9-17(10-8-16)11-12-19-13-14-20(22)21(19)15-18-5-3-2-4-6-18/h2-12,19H,13-15H2,1H3/b12-11+. The zero-order valence-corrected chi connectivity index (χ0v) is 12.9. The molecule has 1 fully saturated rings. The van der Waals surface area contributed by atoms with Crippen LogP contribution in [-0.4, -0.2) is 16.8 Å². The highest BCUT2D eigenvalue weighted by Crippen LogP contribution is 2.23. The quantitative estimate of drug-likeness (QED) is 0.826. The van der Waals surface area contributed by atoms with E-state index in [4.69, 9.17) is 0 Å². The average molecular weight is 291 g/mol. The van der Waals surface area contributed by atoms with E-state index in [1.165, 1.54) is 16.7 Å². The molecule has 1 atom stereocenters. The summed E-state index contributed by atoms with van der Waals surface area (Å²) < 4.78 is 0. The smallest absolute Gasteiger partial charge is 0.223 e. The lowest BCUT2D eigenvalue weighted by Gasteiger charge is -2.22. The summed E-state index contributed by atoms with van der Waals surface area (Å²) in [5.41, 5.74) is 3.63. The van der Waals surface area contributed by atoms with Crippen LogP contribution in [0, 0.1) is 6.92 Å². The minimum atomic E-state index is 0.203. The van der Waals surface area contributed by atoms with E-state index in [0.29, 0.717) is 13.0 Å². The van der Waals surface area contributed by atoms with Crippen molar-refractivity contribution in [2.24, 2.45) is 0 Å². The number of benzene rings is 2. The SMILES string of the molecule is Cc1ccc(/C=C/C2CCC(=O)N2Cc2ccccc2)cc1. The van der Waals surface area contributed by atoms with E-state index in [2.05, 4.69) is 55.5 Å². The van der Waals surface area contributed by atoms with Crippen LogP contribution in [0.15, 0.2) is 60.7 Å². The van der Waals surface area contributed by atoms with Crippen LogP contribution in [0.5, 0.6) is 0 Å². The van der Waals surface area contributed by atoms with E-state index in [9.17, 15) is 4.79 Å². The van der Waals surface area contributed by atoms with Gasteiger partial charge in [0, 0.05) is 13.0 Å². The zero-order valence-electron chi connectivity index (χ0n) is 12.9. The van der Waals surface area contributed by atoms with Crippen LogP contribution in [0.1, 0.15) is 29.5 Å². The van der Waals surface area contributed by atoms with E-state index in [1.54, 1.807) is 0 Å². The first-order chi connectivity index (χ1) is 10.7. The monoisotopic (exact) mass is 291 g/mol. The van der Waals surface area contributed by atoms with Gasteiger partial charge in [-0.1, -0.05) is 72.3 Å². The first-order valence-electron chi connectivity index (χ1n) is 7.80. The molecule has 0 saturated carbocycles. The fraction of sp³-hybridized carbons (Fsp3) is 0.250. The van der Waals surface area contributed by atoms with Crippen molar-refractivity contribution in [3.05, 3.63) is 77.4 Å². The summed E-state index contributed by atoms with van der Waals surface area (Å²) >= 11 is 0. The van der Waals surface area contributed by atoms with Gasteiger partial charge in [0.05, 0.1) is 6.04 Å². The van der Waals surface area contributed by atoms with E-state index < -0.39 is 0 Å². The number of carbonyl (C=O) groups excluding carboxylic acids is 1. The molecule has 3 rings (SSSR count). The molecule has 0 aliphatic carbocycles. The molecule has 1 unspecified atom stereocenters. The van der Waals surface area contributed by atoms with Gasteiger partial charge in [-0.3, -0.25) is 4.79 Å². The minimum Gasteiger partial charge on any atom is -0.332 e. The van der Waals surface area contributed by atoms with Gasteiger partial charge in [0.25, 0.3) is 0 Å².